The third kappa shape index (κ3) is 3.12. The van der Waals surface area contributed by atoms with Gasteiger partial charge in [-0.05, 0) is 12.1 Å². The molecule has 1 aromatic carbocycles. The van der Waals surface area contributed by atoms with Crippen molar-refractivity contribution in [3.8, 4) is 0 Å². The topological polar surface area (TPSA) is 30.0 Å². The minimum Gasteiger partial charge on any atom is -0.298 e. The van der Waals surface area contributed by atoms with E-state index in [0.29, 0.717) is 12.2 Å². The molecule has 0 N–H and O–H groups in total. The van der Waals surface area contributed by atoms with Crippen molar-refractivity contribution < 1.29 is 4.79 Å². The summed E-state index contributed by atoms with van der Waals surface area (Å²) in [5, 5.41) is 1.29. The van der Waals surface area contributed by atoms with Crippen LogP contribution in [0.1, 0.15) is 5.69 Å². The van der Waals surface area contributed by atoms with Crippen LogP contribution in [0.5, 0.6) is 0 Å². The largest absolute Gasteiger partial charge is 0.298 e. The number of thioether (sulfide) groups is 2. The molecule has 1 unspecified atom stereocenters. The molecule has 4 heteroatoms. The van der Waals surface area contributed by atoms with Crippen LogP contribution in [0.25, 0.3) is 10.9 Å². The van der Waals surface area contributed by atoms with Gasteiger partial charge in [-0.3, -0.25) is 9.78 Å². The van der Waals surface area contributed by atoms with Crippen LogP contribution in [-0.2, 0) is 11.2 Å². The van der Waals surface area contributed by atoms with Crippen LogP contribution < -0.4 is 0 Å². The maximum atomic E-state index is 12.2. The lowest BCUT2D eigenvalue weighted by atomic mass is 10.1. The first-order valence-electron chi connectivity index (χ1n) is 6.40. The smallest absolute Gasteiger partial charge is 0.152 e. The highest BCUT2D eigenvalue weighted by atomic mass is 32.2. The van der Waals surface area contributed by atoms with Gasteiger partial charge in [-0.25, -0.2) is 0 Å². The Morgan fingerprint density at radius 1 is 1.21 bits per heavy atom. The van der Waals surface area contributed by atoms with E-state index in [9.17, 15) is 4.79 Å². The zero-order valence-electron chi connectivity index (χ0n) is 10.5. The Hall–Kier alpha value is -1.00. The standard InChI is InChI=1S/C15H15NOS2/c17-14(15-10-18-7-8-19-15)9-12-6-5-11-3-1-2-4-13(11)16-12/h1-6,15H,7-10H2. The summed E-state index contributed by atoms with van der Waals surface area (Å²) in [6, 6.07) is 12.0. The number of aromatic nitrogens is 1. The molecule has 1 aromatic heterocycles. The average Bonchev–Trinajstić information content (AvgIpc) is 2.48. The Morgan fingerprint density at radius 3 is 2.95 bits per heavy atom. The highest BCUT2D eigenvalue weighted by Crippen LogP contribution is 2.25. The summed E-state index contributed by atoms with van der Waals surface area (Å²) in [4.78, 5) is 16.8. The first kappa shape index (κ1) is 13.0. The number of Topliss-reactive ketones (excluding diaryl/α,β-unsaturated/α-hetero) is 1. The van der Waals surface area contributed by atoms with Crippen LogP contribution in [-0.4, -0.2) is 33.3 Å². The number of rotatable bonds is 3. The molecule has 1 aliphatic heterocycles. The summed E-state index contributed by atoms with van der Waals surface area (Å²) in [5.41, 5.74) is 1.86. The van der Waals surface area contributed by atoms with E-state index in [1.54, 1.807) is 11.8 Å². The van der Waals surface area contributed by atoms with Crippen LogP contribution >= 0.6 is 23.5 Å². The van der Waals surface area contributed by atoms with Crippen molar-refractivity contribution in [2.45, 2.75) is 11.7 Å². The summed E-state index contributed by atoms with van der Waals surface area (Å²) in [5.74, 6) is 3.53. The molecule has 0 bridgehead atoms. The number of ketones is 1. The van der Waals surface area contributed by atoms with E-state index >= 15 is 0 Å². The SMILES string of the molecule is O=C(Cc1ccc2ccccc2n1)C1CSCCS1. The molecule has 2 aromatic rings. The van der Waals surface area contributed by atoms with Crippen molar-refractivity contribution in [1.29, 1.82) is 0 Å². The highest BCUT2D eigenvalue weighted by Gasteiger charge is 2.22. The predicted octanol–water partition coefficient (Wildman–Crippen LogP) is 3.20. The van der Waals surface area contributed by atoms with Gasteiger partial charge in [0.05, 0.1) is 10.8 Å². The lowest BCUT2D eigenvalue weighted by Crippen LogP contribution is -2.26. The molecule has 2 nitrogen and oxygen atoms in total. The van der Waals surface area contributed by atoms with Crippen molar-refractivity contribution in [2.24, 2.45) is 0 Å². The predicted molar refractivity (Wildman–Crippen MR) is 84.0 cm³/mol. The van der Waals surface area contributed by atoms with Crippen molar-refractivity contribution in [2.75, 3.05) is 17.3 Å². The average molecular weight is 289 g/mol. The number of hydrogen-bond donors (Lipinski definition) is 0. The summed E-state index contributed by atoms with van der Waals surface area (Å²) in [6.45, 7) is 0. The Morgan fingerprint density at radius 2 is 2.11 bits per heavy atom. The molecule has 3 rings (SSSR count). The fraction of sp³-hybridized carbons (Fsp3) is 0.333. The number of nitrogens with zero attached hydrogens (tertiary/aromatic N) is 1. The third-order valence-electron chi connectivity index (χ3n) is 3.19. The van der Waals surface area contributed by atoms with E-state index in [0.717, 1.165) is 28.1 Å². The van der Waals surface area contributed by atoms with Gasteiger partial charge in [-0.2, -0.15) is 11.8 Å². The second-order valence-electron chi connectivity index (χ2n) is 4.57. The second kappa shape index (κ2) is 5.97. The number of pyridine rings is 1. The van der Waals surface area contributed by atoms with Crippen LogP contribution in [0.15, 0.2) is 36.4 Å². The summed E-state index contributed by atoms with van der Waals surface area (Å²) in [6.07, 6.45) is 0.461. The van der Waals surface area contributed by atoms with Gasteiger partial charge >= 0.3 is 0 Å². The highest BCUT2D eigenvalue weighted by molar-refractivity contribution is 8.07. The summed E-state index contributed by atoms with van der Waals surface area (Å²) < 4.78 is 0. The lowest BCUT2D eigenvalue weighted by molar-refractivity contribution is -0.117. The van der Waals surface area contributed by atoms with Gasteiger partial charge in [0, 0.05) is 34.8 Å². The van der Waals surface area contributed by atoms with E-state index in [2.05, 4.69) is 4.98 Å². The zero-order chi connectivity index (χ0) is 13.1. The maximum Gasteiger partial charge on any atom is 0.152 e. The molecule has 0 saturated carbocycles. The number of fused-ring (bicyclic) bond motifs is 1. The first-order valence-corrected chi connectivity index (χ1v) is 8.60. The zero-order valence-corrected chi connectivity index (χ0v) is 12.2. The number of benzene rings is 1. The lowest BCUT2D eigenvalue weighted by Gasteiger charge is -2.19. The molecule has 1 aliphatic rings. The van der Waals surface area contributed by atoms with Crippen molar-refractivity contribution in [3.05, 3.63) is 42.1 Å². The van der Waals surface area contributed by atoms with Crippen molar-refractivity contribution in [3.63, 3.8) is 0 Å². The van der Waals surface area contributed by atoms with Crippen molar-refractivity contribution >= 4 is 40.2 Å². The monoisotopic (exact) mass is 289 g/mol. The van der Waals surface area contributed by atoms with Gasteiger partial charge < -0.3 is 0 Å². The fourth-order valence-corrected chi connectivity index (χ4v) is 4.82. The van der Waals surface area contributed by atoms with E-state index in [-0.39, 0.29) is 5.25 Å². The number of carbonyl (C=O) groups excluding carboxylic acids is 1. The maximum absolute atomic E-state index is 12.2. The molecule has 1 fully saturated rings. The Kier molecular flexibility index (Phi) is 4.09. The number of hydrogen-bond acceptors (Lipinski definition) is 4. The summed E-state index contributed by atoms with van der Waals surface area (Å²) >= 11 is 3.68. The van der Waals surface area contributed by atoms with Gasteiger partial charge in [-0.1, -0.05) is 24.3 Å². The van der Waals surface area contributed by atoms with Gasteiger partial charge in [-0.15, -0.1) is 11.8 Å². The number of para-hydroxylation sites is 1. The van der Waals surface area contributed by atoms with E-state index in [1.165, 1.54) is 5.75 Å². The van der Waals surface area contributed by atoms with Crippen LogP contribution in [0.3, 0.4) is 0 Å². The molecule has 19 heavy (non-hydrogen) atoms. The molecule has 98 valence electrons. The minimum absolute atomic E-state index is 0.159. The molecule has 0 spiro atoms. The second-order valence-corrected chi connectivity index (χ2v) is 7.03. The molecule has 1 saturated heterocycles. The Bertz CT molecular complexity index is 593. The molecule has 1 atom stereocenters. The minimum atomic E-state index is 0.159. The van der Waals surface area contributed by atoms with E-state index in [1.807, 2.05) is 48.2 Å². The normalized spacial score (nSPS) is 19.5. The Labute approximate surface area is 121 Å². The molecule has 0 amide bonds. The molecule has 0 radical (unpaired) electrons. The van der Waals surface area contributed by atoms with Crippen LogP contribution in [0, 0.1) is 0 Å². The molecule has 0 aliphatic carbocycles. The first-order chi connectivity index (χ1) is 9.33. The van der Waals surface area contributed by atoms with Crippen LogP contribution in [0.4, 0.5) is 0 Å². The van der Waals surface area contributed by atoms with Crippen LogP contribution in [0.2, 0.25) is 0 Å². The van der Waals surface area contributed by atoms with E-state index in [4.69, 9.17) is 0 Å². The number of carbonyl (C=O) groups is 1. The fourth-order valence-electron chi connectivity index (χ4n) is 2.17. The Balaban J connectivity index is 1.75. The van der Waals surface area contributed by atoms with Gasteiger partial charge in [0.2, 0.25) is 0 Å². The van der Waals surface area contributed by atoms with Gasteiger partial charge in [0.1, 0.15) is 0 Å². The molecular weight excluding hydrogens is 274 g/mol. The van der Waals surface area contributed by atoms with E-state index < -0.39 is 0 Å². The molecule has 2 heterocycles. The summed E-state index contributed by atoms with van der Waals surface area (Å²) in [7, 11) is 0. The third-order valence-corrected chi connectivity index (χ3v) is 5.99. The molecular formula is C15H15NOS2. The van der Waals surface area contributed by atoms with Gasteiger partial charge in [0.15, 0.2) is 5.78 Å². The van der Waals surface area contributed by atoms with Gasteiger partial charge in [0.25, 0.3) is 0 Å². The quantitative estimate of drug-likeness (QED) is 0.868. The van der Waals surface area contributed by atoms with Crippen molar-refractivity contribution in [1.82, 2.24) is 4.98 Å².